The molecule has 0 atom stereocenters. The number of H-pyrrole nitrogens is 1. The summed E-state index contributed by atoms with van der Waals surface area (Å²) in [5, 5.41) is 14.4. The molecule has 5 rings (SSSR count). The Labute approximate surface area is 179 Å². The van der Waals surface area contributed by atoms with E-state index in [1.54, 1.807) is 12.3 Å². The van der Waals surface area contributed by atoms with Crippen LogP contribution in [0.5, 0.6) is 0 Å². The lowest BCUT2D eigenvalue weighted by atomic mass is 9.96. The second-order valence-electron chi connectivity index (χ2n) is 7.27. The van der Waals surface area contributed by atoms with Crippen molar-refractivity contribution in [2.24, 2.45) is 0 Å². The maximum atomic E-state index is 11.9. The van der Waals surface area contributed by atoms with E-state index in [2.05, 4.69) is 50.8 Å². The molecule has 3 aromatic carbocycles. The van der Waals surface area contributed by atoms with E-state index in [4.69, 9.17) is 0 Å². The van der Waals surface area contributed by atoms with E-state index in [0.29, 0.717) is 18.1 Å². The SMILES string of the molecule is O=c1cc(-c2nnc(NCc3ccccc3)c3c(-c4ccccc4)cccc23)cc[nH]1. The van der Waals surface area contributed by atoms with Gasteiger partial charge in [0.1, 0.15) is 5.69 Å². The highest BCUT2D eigenvalue weighted by Crippen LogP contribution is 2.36. The highest BCUT2D eigenvalue weighted by Gasteiger charge is 2.15. The van der Waals surface area contributed by atoms with Gasteiger partial charge < -0.3 is 10.3 Å². The van der Waals surface area contributed by atoms with Gasteiger partial charge in [-0.25, -0.2) is 0 Å². The number of hydrogen-bond donors (Lipinski definition) is 2. The van der Waals surface area contributed by atoms with Crippen molar-refractivity contribution in [3.8, 4) is 22.4 Å². The highest BCUT2D eigenvalue weighted by molar-refractivity contribution is 6.08. The van der Waals surface area contributed by atoms with Crippen molar-refractivity contribution in [1.29, 1.82) is 0 Å². The van der Waals surface area contributed by atoms with Gasteiger partial charge in [-0.2, -0.15) is 0 Å². The Balaban J connectivity index is 1.71. The van der Waals surface area contributed by atoms with E-state index in [1.807, 2.05) is 54.6 Å². The summed E-state index contributed by atoms with van der Waals surface area (Å²) in [5.74, 6) is 0.715. The molecule has 0 fully saturated rings. The molecule has 31 heavy (non-hydrogen) atoms. The average Bonchev–Trinajstić information content (AvgIpc) is 2.83. The smallest absolute Gasteiger partial charge is 0.248 e. The molecule has 2 aromatic heterocycles. The van der Waals surface area contributed by atoms with E-state index >= 15 is 0 Å². The van der Waals surface area contributed by atoms with Crippen molar-refractivity contribution in [2.45, 2.75) is 6.54 Å². The summed E-state index contributed by atoms with van der Waals surface area (Å²) in [6, 6.07) is 30.0. The Morgan fingerprint density at radius 3 is 2.32 bits per heavy atom. The summed E-state index contributed by atoms with van der Waals surface area (Å²) in [6.45, 7) is 0.637. The molecule has 0 unspecified atom stereocenters. The predicted octanol–water partition coefficient (Wildman–Crippen LogP) is 5.26. The van der Waals surface area contributed by atoms with Crippen LogP contribution in [0.2, 0.25) is 0 Å². The molecule has 5 nitrogen and oxygen atoms in total. The lowest BCUT2D eigenvalue weighted by Crippen LogP contribution is -2.06. The van der Waals surface area contributed by atoms with Crippen LogP contribution in [0, 0.1) is 0 Å². The third-order valence-electron chi connectivity index (χ3n) is 5.24. The van der Waals surface area contributed by atoms with Gasteiger partial charge in [-0.3, -0.25) is 4.79 Å². The number of anilines is 1. The molecule has 2 N–H and O–H groups in total. The molecular weight excluding hydrogens is 384 g/mol. The number of hydrogen-bond acceptors (Lipinski definition) is 4. The maximum absolute atomic E-state index is 11.9. The van der Waals surface area contributed by atoms with Gasteiger partial charge in [0.15, 0.2) is 5.82 Å². The van der Waals surface area contributed by atoms with Crippen LogP contribution in [0.3, 0.4) is 0 Å². The van der Waals surface area contributed by atoms with Crippen LogP contribution in [0.1, 0.15) is 5.56 Å². The minimum Gasteiger partial charge on any atom is -0.364 e. The monoisotopic (exact) mass is 404 g/mol. The number of aromatic amines is 1. The van der Waals surface area contributed by atoms with Crippen LogP contribution in [0.15, 0.2) is 102 Å². The zero-order valence-corrected chi connectivity index (χ0v) is 16.7. The number of pyridine rings is 1. The topological polar surface area (TPSA) is 70.7 Å². The number of nitrogens with one attached hydrogen (secondary N) is 2. The molecule has 0 saturated carbocycles. The summed E-state index contributed by atoms with van der Waals surface area (Å²) in [6.07, 6.45) is 1.63. The zero-order valence-electron chi connectivity index (χ0n) is 16.7. The fraction of sp³-hybridized carbons (Fsp3) is 0.0385. The summed E-state index contributed by atoms with van der Waals surface area (Å²) in [5.41, 5.74) is 4.58. The van der Waals surface area contributed by atoms with Crippen LogP contribution >= 0.6 is 0 Å². The number of rotatable bonds is 5. The van der Waals surface area contributed by atoms with Crippen molar-refractivity contribution in [3.05, 3.63) is 113 Å². The molecule has 150 valence electrons. The molecule has 0 aliphatic heterocycles. The van der Waals surface area contributed by atoms with Gasteiger partial charge in [0.2, 0.25) is 5.56 Å². The van der Waals surface area contributed by atoms with Gasteiger partial charge in [0.25, 0.3) is 0 Å². The van der Waals surface area contributed by atoms with Crippen LogP contribution in [-0.4, -0.2) is 15.2 Å². The van der Waals surface area contributed by atoms with Crippen LogP contribution in [0.25, 0.3) is 33.2 Å². The lowest BCUT2D eigenvalue weighted by Gasteiger charge is -2.15. The number of benzene rings is 3. The number of aromatic nitrogens is 3. The highest BCUT2D eigenvalue weighted by atomic mass is 16.1. The lowest BCUT2D eigenvalue weighted by molar-refractivity contribution is 1.02. The molecule has 0 amide bonds. The predicted molar refractivity (Wildman–Crippen MR) is 125 cm³/mol. The Hall–Kier alpha value is -4.25. The second-order valence-corrected chi connectivity index (χ2v) is 7.27. The van der Waals surface area contributed by atoms with Crippen molar-refractivity contribution in [2.75, 3.05) is 5.32 Å². The van der Waals surface area contributed by atoms with E-state index in [9.17, 15) is 4.79 Å². The normalized spacial score (nSPS) is 10.8. The molecule has 0 aliphatic carbocycles. The van der Waals surface area contributed by atoms with Gasteiger partial charge in [0, 0.05) is 35.1 Å². The minimum absolute atomic E-state index is 0.169. The maximum Gasteiger partial charge on any atom is 0.248 e. The van der Waals surface area contributed by atoms with Crippen LogP contribution < -0.4 is 10.9 Å². The minimum atomic E-state index is -0.169. The Kier molecular flexibility index (Phi) is 4.99. The summed E-state index contributed by atoms with van der Waals surface area (Å²) in [7, 11) is 0. The zero-order chi connectivity index (χ0) is 21.0. The summed E-state index contributed by atoms with van der Waals surface area (Å²) < 4.78 is 0. The van der Waals surface area contributed by atoms with E-state index in [0.717, 1.165) is 33.0 Å². The van der Waals surface area contributed by atoms with Gasteiger partial charge in [-0.1, -0.05) is 78.9 Å². The molecular formula is C26H20N4O. The van der Waals surface area contributed by atoms with Crippen molar-refractivity contribution in [3.63, 3.8) is 0 Å². The third-order valence-corrected chi connectivity index (χ3v) is 5.24. The van der Waals surface area contributed by atoms with Gasteiger partial charge in [-0.15, -0.1) is 10.2 Å². The van der Waals surface area contributed by atoms with Crippen molar-refractivity contribution in [1.82, 2.24) is 15.2 Å². The quantitative estimate of drug-likeness (QED) is 0.419. The molecule has 0 radical (unpaired) electrons. The number of nitrogens with zero attached hydrogens (tertiary/aromatic N) is 2. The molecule has 0 spiro atoms. The molecule has 5 aromatic rings. The third kappa shape index (κ3) is 3.81. The standard InChI is InChI=1S/C26H20N4O/c31-23-16-20(14-15-27-23)25-22-13-7-12-21(19-10-5-2-6-11-19)24(22)26(30-29-25)28-17-18-8-3-1-4-9-18/h1-16H,17H2,(H,27,31)(H,28,30). The van der Waals surface area contributed by atoms with Crippen LogP contribution in [0.4, 0.5) is 5.82 Å². The molecule has 0 aliphatic rings. The summed E-state index contributed by atoms with van der Waals surface area (Å²) >= 11 is 0. The fourth-order valence-corrected chi connectivity index (χ4v) is 3.78. The van der Waals surface area contributed by atoms with Gasteiger partial charge in [0.05, 0.1) is 0 Å². The van der Waals surface area contributed by atoms with Gasteiger partial charge >= 0.3 is 0 Å². The first-order valence-corrected chi connectivity index (χ1v) is 10.1. The second kappa shape index (κ2) is 8.24. The molecule has 5 heteroatoms. The first kappa shape index (κ1) is 18.8. The van der Waals surface area contributed by atoms with E-state index in [1.165, 1.54) is 0 Å². The molecule has 0 bridgehead atoms. The molecule has 2 heterocycles. The van der Waals surface area contributed by atoms with Crippen molar-refractivity contribution < 1.29 is 0 Å². The Morgan fingerprint density at radius 2 is 1.55 bits per heavy atom. The Morgan fingerprint density at radius 1 is 0.774 bits per heavy atom. The van der Waals surface area contributed by atoms with Crippen LogP contribution in [-0.2, 0) is 6.54 Å². The summed E-state index contributed by atoms with van der Waals surface area (Å²) in [4.78, 5) is 14.6. The molecule has 0 saturated heterocycles. The first-order chi connectivity index (χ1) is 15.3. The van der Waals surface area contributed by atoms with Crippen molar-refractivity contribution >= 4 is 16.6 Å². The van der Waals surface area contributed by atoms with E-state index < -0.39 is 0 Å². The Bertz CT molecular complexity index is 1400. The van der Waals surface area contributed by atoms with E-state index in [-0.39, 0.29) is 5.56 Å². The average molecular weight is 404 g/mol. The first-order valence-electron chi connectivity index (χ1n) is 10.1. The largest absolute Gasteiger partial charge is 0.364 e. The van der Waals surface area contributed by atoms with Gasteiger partial charge in [-0.05, 0) is 22.8 Å². The number of fused-ring (bicyclic) bond motifs is 1. The fourth-order valence-electron chi connectivity index (χ4n) is 3.78.